The Morgan fingerprint density at radius 2 is 1.77 bits per heavy atom. The largest absolute Gasteiger partial charge is 0.307 e. The van der Waals surface area contributed by atoms with E-state index in [2.05, 4.69) is 4.90 Å². The lowest BCUT2D eigenvalue weighted by Crippen LogP contribution is -2.45. The Morgan fingerprint density at radius 1 is 1.03 bits per heavy atom. The Bertz CT molecular complexity index is 1320. The zero-order valence-corrected chi connectivity index (χ0v) is 19.5. The van der Waals surface area contributed by atoms with Crippen LogP contribution >= 0.6 is 11.6 Å². The molecule has 2 aliphatic heterocycles. The topological polar surface area (TPSA) is 66.7 Å². The maximum atomic E-state index is 14.3. The predicted molar refractivity (Wildman–Crippen MR) is 129 cm³/mol. The van der Waals surface area contributed by atoms with Gasteiger partial charge in [0.25, 0.3) is 11.6 Å². The number of anilines is 1. The van der Waals surface area contributed by atoms with E-state index in [9.17, 15) is 23.7 Å². The maximum absolute atomic E-state index is 14.3. The van der Waals surface area contributed by atoms with Gasteiger partial charge in [0.1, 0.15) is 16.7 Å². The van der Waals surface area contributed by atoms with Crippen molar-refractivity contribution >= 4 is 28.9 Å². The summed E-state index contributed by atoms with van der Waals surface area (Å²) in [6.45, 7) is 2.39. The summed E-state index contributed by atoms with van der Waals surface area (Å²) in [7, 11) is 0. The molecule has 180 valence electrons. The molecule has 0 unspecified atom stereocenters. The van der Waals surface area contributed by atoms with Gasteiger partial charge in [0.15, 0.2) is 0 Å². The zero-order valence-electron chi connectivity index (χ0n) is 18.7. The van der Waals surface area contributed by atoms with Crippen LogP contribution in [0.1, 0.15) is 34.3 Å². The zero-order chi connectivity index (χ0) is 24.7. The van der Waals surface area contributed by atoms with Crippen LogP contribution < -0.4 is 4.90 Å². The van der Waals surface area contributed by atoms with Gasteiger partial charge in [0.2, 0.25) is 0 Å². The standard InChI is InChI=1S/C26H22ClF2N3O3/c27-22-6-4-18(13-24(22)32(34)35)25(33)31-16-26(21-14-20(29)5-7-23(21)31)8-10-30(11-9-26)15-17-2-1-3-19(28)12-17/h1-7,12-14H,8-11,15-16H2. The number of rotatable bonds is 4. The van der Waals surface area contributed by atoms with Crippen molar-refractivity contribution in [1.82, 2.24) is 4.90 Å². The van der Waals surface area contributed by atoms with Crippen molar-refractivity contribution in [2.75, 3.05) is 24.5 Å². The van der Waals surface area contributed by atoms with Gasteiger partial charge in [-0.2, -0.15) is 0 Å². The van der Waals surface area contributed by atoms with Crippen LogP contribution in [0, 0.1) is 21.7 Å². The molecular formula is C26H22ClF2N3O3. The number of nitro groups is 1. The lowest BCUT2D eigenvalue weighted by atomic mass is 9.74. The second kappa shape index (κ2) is 9.02. The molecule has 0 atom stereocenters. The summed E-state index contributed by atoms with van der Waals surface area (Å²) in [5, 5.41) is 11.3. The number of fused-ring (bicyclic) bond motifs is 2. The van der Waals surface area contributed by atoms with Crippen LogP contribution in [0.5, 0.6) is 0 Å². The Hall–Kier alpha value is -3.36. The van der Waals surface area contributed by atoms with Crippen LogP contribution in [-0.4, -0.2) is 35.4 Å². The van der Waals surface area contributed by atoms with E-state index < -0.39 is 16.2 Å². The third kappa shape index (κ3) is 4.39. The van der Waals surface area contributed by atoms with Crippen molar-refractivity contribution in [1.29, 1.82) is 0 Å². The number of piperidine rings is 1. The summed E-state index contributed by atoms with van der Waals surface area (Å²) in [5.41, 5.74) is 1.67. The third-order valence-corrected chi connectivity index (χ3v) is 7.34. The summed E-state index contributed by atoms with van der Waals surface area (Å²) in [6, 6.07) is 14.9. The minimum absolute atomic E-state index is 0.0439. The monoisotopic (exact) mass is 497 g/mol. The molecule has 0 bridgehead atoms. The van der Waals surface area contributed by atoms with E-state index in [1.165, 1.54) is 42.5 Å². The van der Waals surface area contributed by atoms with E-state index in [1.54, 1.807) is 17.0 Å². The average molecular weight is 498 g/mol. The highest BCUT2D eigenvalue weighted by Gasteiger charge is 2.46. The Balaban J connectivity index is 1.40. The van der Waals surface area contributed by atoms with Crippen molar-refractivity contribution in [2.45, 2.75) is 24.8 Å². The van der Waals surface area contributed by atoms with Crippen LogP contribution in [0.15, 0.2) is 60.7 Å². The highest BCUT2D eigenvalue weighted by Crippen LogP contribution is 2.48. The van der Waals surface area contributed by atoms with Gasteiger partial charge in [-0.15, -0.1) is 0 Å². The fourth-order valence-electron chi connectivity index (χ4n) is 5.22. The van der Waals surface area contributed by atoms with E-state index in [0.717, 1.165) is 11.1 Å². The molecule has 0 radical (unpaired) electrons. The van der Waals surface area contributed by atoms with Gasteiger partial charge in [0, 0.05) is 35.8 Å². The molecule has 0 aliphatic carbocycles. The van der Waals surface area contributed by atoms with Gasteiger partial charge in [-0.25, -0.2) is 8.78 Å². The number of benzene rings is 3. The molecule has 5 rings (SSSR count). The lowest BCUT2D eigenvalue weighted by Gasteiger charge is -2.40. The molecule has 6 nitrogen and oxygen atoms in total. The fraction of sp³-hybridized carbons (Fsp3) is 0.269. The minimum Gasteiger partial charge on any atom is -0.307 e. The van der Waals surface area contributed by atoms with E-state index in [1.807, 2.05) is 6.07 Å². The van der Waals surface area contributed by atoms with Crippen molar-refractivity contribution in [3.63, 3.8) is 0 Å². The molecule has 0 saturated carbocycles. The van der Waals surface area contributed by atoms with Gasteiger partial charge < -0.3 is 4.90 Å². The van der Waals surface area contributed by atoms with Gasteiger partial charge in [-0.3, -0.25) is 19.8 Å². The van der Waals surface area contributed by atoms with E-state index >= 15 is 0 Å². The van der Waals surface area contributed by atoms with E-state index in [-0.39, 0.29) is 27.9 Å². The number of nitrogens with zero attached hydrogens (tertiary/aromatic N) is 3. The Morgan fingerprint density at radius 3 is 2.49 bits per heavy atom. The highest BCUT2D eigenvalue weighted by atomic mass is 35.5. The molecule has 2 heterocycles. The van der Waals surface area contributed by atoms with Crippen molar-refractivity contribution in [3.8, 4) is 0 Å². The predicted octanol–water partition coefficient (Wildman–Crippen LogP) is 5.72. The van der Waals surface area contributed by atoms with Gasteiger partial charge in [-0.1, -0.05) is 23.7 Å². The molecule has 1 fully saturated rings. The summed E-state index contributed by atoms with van der Waals surface area (Å²) in [4.78, 5) is 28.0. The summed E-state index contributed by atoms with van der Waals surface area (Å²) < 4.78 is 27.9. The van der Waals surface area contributed by atoms with Crippen LogP contribution in [-0.2, 0) is 12.0 Å². The lowest BCUT2D eigenvalue weighted by molar-refractivity contribution is -0.384. The number of amides is 1. The van der Waals surface area contributed by atoms with Crippen LogP contribution in [0.2, 0.25) is 5.02 Å². The van der Waals surface area contributed by atoms with Crippen LogP contribution in [0.4, 0.5) is 20.2 Å². The number of carbonyl (C=O) groups excluding carboxylic acids is 1. The summed E-state index contributed by atoms with van der Waals surface area (Å²) in [5.74, 6) is -1.04. The molecule has 2 aliphatic rings. The molecule has 1 spiro atoms. The quantitative estimate of drug-likeness (QED) is 0.341. The smallest absolute Gasteiger partial charge is 0.288 e. The second-order valence-electron chi connectivity index (χ2n) is 9.16. The van der Waals surface area contributed by atoms with Crippen LogP contribution in [0.25, 0.3) is 0 Å². The van der Waals surface area contributed by atoms with Crippen LogP contribution in [0.3, 0.4) is 0 Å². The first-order valence-corrected chi connectivity index (χ1v) is 11.7. The molecule has 9 heteroatoms. The number of likely N-dealkylation sites (tertiary alicyclic amines) is 1. The molecule has 3 aromatic rings. The Kier molecular flexibility index (Phi) is 6.02. The second-order valence-corrected chi connectivity index (χ2v) is 9.57. The Labute approximate surface area is 205 Å². The number of halogens is 3. The first kappa shape index (κ1) is 23.4. The van der Waals surface area contributed by atoms with Crippen molar-refractivity contribution < 1.29 is 18.5 Å². The summed E-state index contributed by atoms with van der Waals surface area (Å²) in [6.07, 6.45) is 1.40. The summed E-state index contributed by atoms with van der Waals surface area (Å²) >= 11 is 5.92. The first-order chi connectivity index (χ1) is 16.8. The molecule has 0 N–H and O–H groups in total. The first-order valence-electron chi connectivity index (χ1n) is 11.3. The van der Waals surface area contributed by atoms with Gasteiger partial charge >= 0.3 is 0 Å². The van der Waals surface area contributed by atoms with Gasteiger partial charge in [-0.05, 0) is 79.5 Å². The molecule has 0 aromatic heterocycles. The highest BCUT2D eigenvalue weighted by molar-refractivity contribution is 6.32. The molecule has 35 heavy (non-hydrogen) atoms. The normalized spacial score (nSPS) is 16.9. The van der Waals surface area contributed by atoms with E-state index in [0.29, 0.717) is 44.7 Å². The SMILES string of the molecule is O=C(c1ccc(Cl)c([N+](=O)[O-])c1)N1CC2(CCN(Cc3cccc(F)c3)CC2)c2cc(F)ccc21. The maximum Gasteiger partial charge on any atom is 0.288 e. The third-order valence-electron chi connectivity index (χ3n) is 7.02. The van der Waals surface area contributed by atoms with E-state index in [4.69, 9.17) is 11.6 Å². The minimum atomic E-state index is -0.623. The molecule has 3 aromatic carbocycles. The van der Waals surface area contributed by atoms with Crippen molar-refractivity contribution in [3.05, 3.63) is 104 Å². The molecular weight excluding hydrogens is 476 g/mol. The number of hydrogen-bond donors (Lipinski definition) is 0. The number of carbonyl (C=O) groups is 1. The number of nitro benzene ring substituents is 1. The average Bonchev–Trinajstić information content (AvgIpc) is 3.13. The molecule has 1 amide bonds. The number of hydrogen-bond acceptors (Lipinski definition) is 4. The fourth-order valence-corrected chi connectivity index (χ4v) is 5.41. The van der Waals surface area contributed by atoms with Gasteiger partial charge in [0.05, 0.1) is 4.92 Å². The molecule has 1 saturated heterocycles. The van der Waals surface area contributed by atoms with Crippen molar-refractivity contribution in [2.24, 2.45) is 0 Å².